The number of amides is 2. The number of rotatable bonds is 5. The van der Waals surface area contributed by atoms with Crippen LogP contribution in [0.25, 0.3) is 0 Å². The van der Waals surface area contributed by atoms with E-state index in [2.05, 4.69) is 15.4 Å². The minimum Gasteiger partial charge on any atom is -0.345 e. The summed E-state index contributed by atoms with van der Waals surface area (Å²) < 4.78 is 1.57. The molecule has 3 aromatic rings. The summed E-state index contributed by atoms with van der Waals surface area (Å²) in [4.78, 5) is 31.1. The summed E-state index contributed by atoms with van der Waals surface area (Å²) in [6.45, 7) is 1.69. The van der Waals surface area contributed by atoms with Gasteiger partial charge in [-0.2, -0.15) is 5.10 Å². The monoisotopic (exact) mass is 429 g/mol. The molecule has 0 spiro atoms. The highest BCUT2D eigenvalue weighted by atomic mass is 35.5. The molecule has 0 fully saturated rings. The van der Waals surface area contributed by atoms with Gasteiger partial charge in [-0.3, -0.25) is 19.3 Å². The van der Waals surface area contributed by atoms with Crippen molar-refractivity contribution in [1.82, 2.24) is 25.0 Å². The quantitative estimate of drug-likeness (QED) is 0.675. The minimum absolute atomic E-state index is 0.182. The van der Waals surface area contributed by atoms with E-state index in [1.807, 2.05) is 24.3 Å². The number of nitrogens with one attached hydrogen (secondary N) is 1. The number of pyridine rings is 1. The SMILES string of the molecule is O=C(NCc1ccccn1)c1cc2n(n1)CCN(Cc1ccc(Cl)c(Cl)c1)C2=O. The lowest BCUT2D eigenvalue weighted by Gasteiger charge is -2.27. The van der Waals surface area contributed by atoms with E-state index in [1.54, 1.807) is 27.9 Å². The van der Waals surface area contributed by atoms with Crippen LogP contribution in [0.2, 0.25) is 10.0 Å². The zero-order valence-electron chi connectivity index (χ0n) is 15.3. The Labute approximate surface area is 177 Å². The Morgan fingerprint density at radius 1 is 1.10 bits per heavy atom. The van der Waals surface area contributed by atoms with Crippen LogP contribution < -0.4 is 5.32 Å². The van der Waals surface area contributed by atoms with Gasteiger partial charge in [0.05, 0.1) is 28.8 Å². The number of aromatic nitrogens is 3. The zero-order valence-corrected chi connectivity index (χ0v) is 16.8. The Kier molecular flexibility index (Phi) is 5.51. The summed E-state index contributed by atoms with van der Waals surface area (Å²) in [5.74, 6) is -0.528. The molecule has 0 aliphatic carbocycles. The van der Waals surface area contributed by atoms with Crippen LogP contribution in [-0.2, 0) is 19.6 Å². The molecule has 2 amide bonds. The number of benzene rings is 1. The molecule has 29 heavy (non-hydrogen) atoms. The fourth-order valence-electron chi connectivity index (χ4n) is 3.12. The number of fused-ring (bicyclic) bond motifs is 1. The van der Waals surface area contributed by atoms with E-state index < -0.39 is 0 Å². The maximum atomic E-state index is 12.9. The molecule has 7 nitrogen and oxygen atoms in total. The molecule has 4 rings (SSSR count). The summed E-state index contributed by atoms with van der Waals surface area (Å²) >= 11 is 12.0. The molecular formula is C20H17Cl2N5O2. The molecule has 0 saturated heterocycles. The molecule has 0 atom stereocenters. The molecule has 0 radical (unpaired) electrons. The van der Waals surface area contributed by atoms with E-state index in [1.165, 1.54) is 6.07 Å². The minimum atomic E-state index is -0.346. The standard InChI is InChI=1S/C20H17Cl2N5O2/c21-15-5-4-13(9-16(15)22)12-26-7-8-27-18(20(26)29)10-17(25-27)19(28)24-11-14-3-1-2-6-23-14/h1-6,9-10H,7-8,11-12H2,(H,24,28). The number of hydrogen-bond donors (Lipinski definition) is 1. The number of carbonyl (C=O) groups is 2. The first-order valence-corrected chi connectivity index (χ1v) is 9.76. The van der Waals surface area contributed by atoms with Gasteiger partial charge in [-0.05, 0) is 29.8 Å². The predicted octanol–water partition coefficient (Wildman–Crippen LogP) is 3.17. The van der Waals surface area contributed by atoms with Gasteiger partial charge in [0.15, 0.2) is 5.69 Å². The summed E-state index contributed by atoms with van der Waals surface area (Å²) in [6, 6.07) is 12.3. The van der Waals surface area contributed by atoms with E-state index in [9.17, 15) is 9.59 Å². The van der Waals surface area contributed by atoms with Crippen LogP contribution in [0.4, 0.5) is 0 Å². The van der Waals surface area contributed by atoms with Crippen LogP contribution >= 0.6 is 23.2 Å². The second-order valence-electron chi connectivity index (χ2n) is 6.62. The molecule has 0 bridgehead atoms. The van der Waals surface area contributed by atoms with Crippen LogP contribution in [0.3, 0.4) is 0 Å². The van der Waals surface area contributed by atoms with Crippen LogP contribution in [0.15, 0.2) is 48.7 Å². The largest absolute Gasteiger partial charge is 0.345 e. The van der Waals surface area contributed by atoms with Gasteiger partial charge in [0.25, 0.3) is 11.8 Å². The lowest BCUT2D eigenvalue weighted by molar-refractivity contribution is 0.0683. The van der Waals surface area contributed by atoms with Crippen LogP contribution in [0.5, 0.6) is 0 Å². The topological polar surface area (TPSA) is 80.1 Å². The molecule has 0 unspecified atom stereocenters. The maximum absolute atomic E-state index is 12.9. The molecule has 148 valence electrons. The van der Waals surface area contributed by atoms with Gasteiger partial charge in [-0.15, -0.1) is 0 Å². The summed E-state index contributed by atoms with van der Waals surface area (Å²) in [6.07, 6.45) is 1.66. The van der Waals surface area contributed by atoms with Crippen molar-refractivity contribution in [2.75, 3.05) is 6.54 Å². The number of nitrogens with zero attached hydrogens (tertiary/aromatic N) is 4. The van der Waals surface area contributed by atoms with Gasteiger partial charge in [0.1, 0.15) is 5.69 Å². The van der Waals surface area contributed by atoms with E-state index in [-0.39, 0.29) is 17.5 Å². The van der Waals surface area contributed by atoms with Crippen molar-refractivity contribution >= 4 is 35.0 Å². The number of halogens is 2. The van der Waals surface area contributed by atoms with Crippen molar-refractivity contribution in [2.45, 2.75) is 19.6 Å². The average Bonchev–Trinajstić information content (AvgIpc) is 3.17. The summed E-state index contributed by atoms with van der Waals surface area (Å²) in [5, 5.41) is 7.97. The smallest absolute Gasteiger partial charge is 0.272 e. The van der Waals surface area contributed by atoms with E-state index in [4.69, 9.17) is 23.2 Å². The van der Waals surface area contributed by atoms with Crippen molar-refractivity contribution < 1.29 is 9.59 Å². The highest BCUT2D eigenvalue weighted by Gasteiger charge is 2.28. The van der Waals surface area contributed by atoms with Gasteiger partial charge >= 0.3 is 0 Å². The third kappa shape index (κ3) is 4.26. The molecular weight excluding hydrogens is 413 g/mol. The lowest BCUT2D eigenvalue weighted by Crippen LogP contribution is -2.39. The molecule has 1 N–H and O–H groups in total. The summed E-state index contributed by atoms with van der Waals surface area (Å²) in [7, 11) is 0. The first kappa shape index (κ1) is 19.4. The van der Waals surface area contributed by atoms with Crippen molar-refractivity contribution in [3.63, 3.8) is 0 Å². The van der Waals surface area contributed by atoms with Crippen molar-refractivity contribution in [3.05, 3.63) is 81.4 Å². The molecule has 1 aliphatic rings. The number of carbonyl (C=O) groups excluding carboxylic acids is 2. The number of hydrogen-bond acceptors (Lipinski definition) is 4. The molecule has 9 heteroatoms. The molecule has 1 aromatic carbocycles. The van der Waals surface area contributed by atoms with Gasteiger partial charge in [0, 0.05) is 25.4 Å². The van der Waals surface area contributed by atoms with Gasteiger partial charge in [-0.1, -0.05) is 35.3 Å². The van der Waals surface area contributed by atoms with Crippen LogP contribution in [-0.4, -0.2) is 38.0 Å². The molecule has 1 aliphatic heterocycles. The van der Waals surface area contributed by atoms with Crippen LogP contribution in [0.1, 0.15) is 32.2 Å². The second kappa shape index (κ2) is 8.23. The third-order valence-corrected chi connectivity index (χ3v) is 5.35. The van der Waals surface area contributed by atoms with Gasteiger partial charge in [0.2, 0.25) is 0 Å². The van der Waals surface area contributed by atoms with Crippen molar-refractivity contribution in [3.8, 4) is 0 Å². The van der Waals surface area contributed by atoms with E-state index in [0.29, 0.717) is 41.9 Å². The highest BCUT2D eigenvalue weighted by molar-refractivity contribution is 6.42. The van der Waals surface area contributed by atoms with Crippen LogP contribution in [0, 0.1) is 0 Å². The lowest BCUT2D eigenvalue weighted by atomic mass is 10.2. The first-order valence-electron chi connectivity index (χ1n) is 9.00. The third-order valence-electron chi connectivity index (χ3n) is 4.61. The molecule has 3 heterocycles. The highest BCUT2D eigenvalue weighted by Crippen LogP contribution is 2.24. The first-order chi connectivity index (χ1) is 14.0. The normalized spacial score (nSPS) is 13.3. The Morgan fingerprint density at radius 2 is 1.97 bits per heavy atom. The maximum Gasteiger partial charge on any atom is 0.272 e. The van der Waals surface area contributed by atoms with Crippen molar-refractivity contribution in [1.29, 1.82) is 0 Å². The zero-order chi connectivity index (χ0) is 20.4. The Morgan fingerprint density at radius 3 is 2.72 bits per heavy atom. The Hall–Kier alpha value is -2.90. The Bertz CT molecular complexity index is 1070. The summed E-state index contributed by atoms with van der Waals surface area (Å²) in [5.41, 5.74) is 2.22. The average molecular weight is 430 g/mol. The van der Waals surface area contributed by atoms with E-state index in [0.717, 1.165) is 11.3 Å². The Balaban J connectivity index is 1.45. The fourth-order valence-corrected chi connectivity index (χ4v) is 3.44. The predicted molar refractivity (Wildman–Crippen MR) is 109 cm³/mol. The molecule has 2 aromatic heterocycles. The van der Waals surface area contributed by atoms with E-state index >= 15 is 0 Å². The van der Waals surface area contributed by atoms with Crippen molar-refractivity contribution in [2.24, 2.45) is 0 Å². The molecule has 0 saturated carbocycles. The van der Waals surface area contributed by atoms with Gasteiger partial charge in [-0.25, -0.2) is 0 Å². The fraction of sp³-hybridized carbons (Fsp3) is 0.200. The van der Waals surface area contributed by atoms with Gasteiger partial charge < -0.3 is 10.2 Å². The second-order valence-corrected chi connectivity index (χ2v) is 7.43.